The number of carbonyl (C=O) groups is 2. The van der Waals surface area contributed by atoms with Gasteiger partial charge in [-0.2, -0.15) is 0 Å². The molecule has 18 heavy (non-hydrogen) atoms. The van der Waals surface area contributed by atoms with Gasteiger partial charge in [-0.25, -0.2) is 4.79 Å². The lowest BCUT2D eigenvalue weighted by molar-refractivity contribution is -0.141. The number of amides is 1. The Labute approximate surface area is 108 Å². The van der Waals surface area contributed by atoms with Gasteiger partial charge in [-0.3, -0.25) is 4.79 Å². The van der Waals surface area contributed by atoms with E-state index >= 15 is 0 Å². The van der Waals surface area contributed by atoms with Crippen molar-refractivity contribution in [2.24, 2.45) is 5.92 Å². The first-order valence-electron chi connectivity index (χ1n) is 6.21. The highest BCUT2D eigenvalue weighted by Crippen LogP contribution is 1.98. The summed E-state index contributed by atoms with van der Waals surface area (Å²) in [5.74, 6) is -0.773. The van der Waals surface area contributed by atoms with Crippen LogP contribution in [0.2, 0.25) is 0 Å². The number of carbonyl (C=O) groups excluding carboxylic acids is 1. The Hall–Kier alpha value is -1.14. The lowest BCUT2D eigenvalue weighted by atomic mass is 10.1. The van der Waals surface area contributed by atoms with Gasteiger partial charge in [-0.05, 0) is 12.3 Å². The highest BCUT2D eigenvalue weighted by molar-refractivity contribution is 5.82. The molecule has 1 unspecified atom stereocenters. The average molecular weight is 260 g/mol. The fourth-order valence-electron chi connectivity index (χ4n) is 1.26. The fourth-order valence-corrected chi connectivity index (χ4v) is 1.26. The van der Waals surface area contributed by atoms with Crippen LogP contribution in [0.4, 0.5) is 0 Å². The summed E-state index contributed by atoms with van der Waals surface area (Å²) in [4.78, 5) is 21.6. The van der Waals surface area contributed by atoms with E-state index in [4.69, 9.17) is 9.84 Å². The van der Waals surface area contributed by atoms with Gasteiger partial charge in [0.05, 0.1) is 6.61 Å². The molecule has 0 aromatic carbocycles. The molecule has 6 heteroatoms. The summed E-state index contributed by atoms with van der Waals surface area (Å²) in [5.41, 5.74) is 0. The number of rotatable bonds is 10. The molecule has 106 valence electrons. The molecule has 0 saturated heterocycles. The van der Waals surface area contributed by atoms with Gasteiger partial charge in [-0.1, -0.05) is 13.8 Å². The molecule has 0 aromatic rings. The smallest absolute Gasteiger partial charge is 0.327 e. The number of hydrogen-bond acceptors (Lipinski definition) is 4. The van der Waals surface area contributed by atoms with Crippen molar-refractivity contribution in [3.05, 3.63) is 0 Å². The van der Waals surface area contributed by atoms with Crippen molar-refractivity contribution in [1.82, 2.24) is 10.6 Å². The lowest BCUT2D eigenvalue weighted by Crippen LogP contribution is -2.47. The van der Waals surface area contributed by atoms with Crippen molar-refractivity contribution < 1.29 is 19.4 Å². The molecule has 0 saturated carbocycles. The van der Waals surface area contributed by atoms with Crippen molar-refractivity contribution in [2.45, 2.75) is 33.2 Å². The topological polar surface area (TPSA) is 87.7 Å². The normalized spacial score (nSPS) is 12.4. The fraction of sp³-hybridized carbons (Fsp3) is 0.833. The second-order valence-electron chi connectivity index (χ2n) is 4.59. The van der Waals surface area contributed by atoms with Crippen molar-refractivity contribution >= 4 is 11.9 Å². The second kappa shape index (κ2) is 9.85. The molecule has 6 nitrogen and oxygen atoms in total. The van der Waals surface area contributed by atoms with Gasteiger partial charge in [0.1, 0.15) is 6.04 Å². The van der Waals surface area contributed by atoms with E-state index in [2.05, 4.69) is 24.5 Å². The number of nitrogens with one attached hydrogen (secondary N) is 2. The Bertz CT molecular complexity index is 256. The molecule has 3 N–H and O–H groups in total. The summed E-state index contributed by atoms with van der Waals surface area (Å²) in [6, 6.07) is -0.891. The average Bonchev–Trinajstić information content (AvgIpc) is 2.25. The van der Waals surface area contributed by atoms with Crippen LogP contribution in [0, 0.1) is 5.92 Å². The first kappa shape index (κ1) is 16.9. The standard InChI is InChI=1S/C12H24N2O4/c1-9(2)4-6-18-7-5-13-8-11(12(16)17)14-10(3)15/h9,11,13H,4-8H2,1-3H3,(H,14,15)(H,16,17). The van der Waals surface area contributed by atoms with Crippen molar-refractivity contribution in [3.63, 3.8) is 0 Å². The summed E-state index contributed by atoms with van der Waals surface area (Å²) in [7, 11) is 0. The molecule has 0 heterocycles. The van der Waals surface area contributed by atoms with Crippen molar-refractivity contribution in [3.8, 4) is 0 Å². The Morgan fingerprint density at radius 2 is 1.94 bits per heavy atom. The third kappa shape index (κ3) is 10.0. The second-order valence-corrected chi connectivity index (χ2v) is 4.59. The largest absolute Gasteiger partial charge is 0.480 e. The van der Waals surface area contributed by atoms with Crippen LogP contribution in [-0.2, 0) is 14.3 Å². The van der Waals surface area contributed by atoms with Crippen LogP contribution in [0.1, 0.15) is 27.2 Å². The Kier molecular flexibility index (Phi) is 9.22. The molecule has 0 aromatic heterocycles. The van der Waals surface area contributed by atoms with Crippen LogP contribution >= 0.6 is 0 Å². The van der Waals surface area contributed by atoms with Crippen LogP contribution in [0.5, 0.6) is 0 Å². The van der Waals surface area contributed by atoms with E-state index in [1.165, 1.54) is 6.92 Å². The molecule has 0 bridgehead atoms. The molecule has 1 amide bonds. The maximum atomic E-state index is 10.8. The van der Waals surface area contributed by atoms with Crippen molar-refractivity contribution in [2.75, 3.05) is 26.3 Å². The number of carboxylic acids is 1. The van der Waals surface area contributed by atoms with E-state index in [-0.39, 0.29) is 12.5 Å². The summed E-state index contributed by atoms with van der Waals surface area (Å²) >= 11 is 0. The lowest BCUT2D eigenvalue weighted by Gasteiger charge is -2.14. The minimum absolute atomic E-state index is 0.197. The summed E-state index contributed by atoms with van der Waals surface area (Å²) in [5, 5.41) is 14.1. The zero-order chi connectivity index (χ0) is 14.0. The Balaban J connectivity index is 3.55. The maximum Gasteiger partial charge on any atom is 0.327 e. The van der Waals surface area contributed by atoms with E-state index in [9.17, 15) is 9.59 Å². The predicted octanol–water partition coefficient (Wildman–Crippen LogP) is 0.228. The Morgan fingerprint density at radius 1 is 1.28 bits per heavy atom. The third-order valence-corrected chi connectivity index (χ3v) is 2.29. The predicted molar refractivity (Wildman–Crippen MR) is 68.4 cm³/mol. The van der Waals surface area contributed by atoms with Gasteiger partial charge in [-0.15, -0.1) is 0 Å². The van der Waals surface area contributed by atoms with Gasteiger partial charge < -0.3 is 20.5 Å². The zero-order valence-corrected chi connectivity index (χ0v) is 11.4. The molecule has 0 aliphatic heterocycles. The summed E-state index contributed by atoms with van der Waals surface area (Å²) in [6.45, 7) is 7.58. The van der Waals surface area contributed by atoms with E-state index in [0.29, 0.717) is 25.7 Å². The first-order chi connectivity index (χ1) is 8.43. The molecule has 0 fully saturated rings. The quantitative estimate of drug-likeness (QED) is 0.489. The molecular weight excluding hydrogens is 236 g/mol. The van der Waals surface area contributed by atoms with Crippen LogP contribution < -0.4 is 10.6 Å². The van der Waals surface area contributed by atoms with Gasteiger partial charge in [0.2, 0.25) is 5.91 Å². The molecule has 0 rings (SSSR count). The van der Waals surface area contributed by atoms with E-state index in [1.54, 1.807) is 0 Å². The van der Waals surface area contributed by atoms with E-state index < -0.39 is 12.0 Å². The SMILES string of the molecule is CC(=O)NC(CNCCOCCC(C)C)C(=O)O. The third-order valence-electron chi connectivity index (χ3n) is 2.29. The molecule has 0 spiro atoms. The van der Waals surface area contributed by atoms with Crippen LogP contribution in [0.15, 0.2) is 0 Å². The minimum Gasteiger partial charge on any atom is -0.480 e. The Morgan fingerprint density at radius 3 is 2.44 bits per heavy atom. The van der Waals surface area contributed by atoms with Gasteiger partial charge in [0.25, 0.3) is 0 Å². The number of carboxylic acid groups (broad SMARTS) is 1. The minimum atomic E-state index is -1.04. The van der Waals surface area contributed by atoms with Crippen LogP contribution in [-0.4, -0.2) is 49.3 Å². The monoisotopic (exact) mass is 260 g/mol. The molecule has 1 atom stereocenters. The zero-order valence-electron chi connectivity index (χ0n) is 11.4. The molecule has 0 aliphatic rings. The van der Waals surface area contributed by atoms with Gasteiger partial charge in [0.15, 0.2) is 0 Å². The molecule has 0 radical (unpaired) electrons. The molecular formula is C12H24N2O4. The van der Waals surface area contributed by atoms with E-state index in [0.717, 1.165) is 6.42 Å². The van der Waals surface area contributed by atoms with Gasteiger partial charge in [0, 0.05) is 26.6 Å². The highest BCUT2D eigenvalue weighted by Gasteiger charge is 2.17. The van der Waals surface area contributed by atoms with Crippen LogP contribution in [0.25, 0.3) is 0 Å². The highest BCUT2D eigenvalue weighted by atomic mass is 16.5. The van der Waals surface area contributed by atoms with Gasteiger partial charge >= 0.3 is 5.97 Å². The number of aliphatic carboxylic acids is 1. The van der Waals surface area contributed by atoms with Crippen LogP contribution in [0.3, 0.4) is 0 Å². The summed E-state index contributed by atoms with van der Waals surface area (Å²) < 4.78 is 5.37. The maximum absolute atomic E-state index is 10.8. The first-order valence-corrected chi connectivity index (χ1v) is 6.21. The van der Waals surface area contributed by atoms with Crippen molar-refractivity contribution in [1.29, 1.82) is 0 Å². The number of ether oxygens (including phenoxy) is 1. The molecule has 0 aliphatic carbocycles. The summed E-state index contributed by atoms with van der Waals surface area (Å²) in [6.07, 6.45) is 1.02. The van der Waals surface area contributed by atoms with E-state index in [1.807, 2.05) is 0 Å². The number of hydrogen-bond donors (Lipinski definition) is 3.